The van der Waals surface area contributed by atoms with Crippen molar-refractivity contribution in [3.63, 3.8) is 0 Å². The Morgan fingerprint density at radius 2 is 1.94 bits per heavy atom. The minimum absolute atomic E-state index is 0.0509. The van der Waals surface area contributed by atoms with Gasteiger partial charge in [0.15, 0.2) is 0 Å². The second kappa shape index (κ2) is 5.70. The first kappa shape index (κ1) is 12.0. The smallest absolute Gasteiger partial charge is 0.338 e. The number of carbonyl (C=O) groups excluding carboxylic acids is 1. The second-order valence-corrected chi connectivity index (χ2v) is 2.98. The lowest BCUT2D eigenvalue weighted by atomic mass is 10.1. The van der Waals surface area contributed by atoms with E-state index >= 15 is 0 Å². The molecule has 0 aliphatic heterocycles. The number of carboxylic acid groups (broad SMARTS) is 1. The number of hydrogen-bond donors (Lipinski definition) is 1. The molecule has 0 bridgehead atoms. The van der Waals surface area contributed by atoms with Crippen LogP contribution >= 0.6 is 0 Å². The van der Waals surface area contributed by atoms with Gasteiger partial charge in [0, 0.05) is 6.08 Å². The standard InChI is InChI=1S/C12H12O4/c1-2-16-12(15)10(8-11(13)14)9-6-4-3-5-7-9/h3-8H,2H2,1H3,(H,13,14)/b10-8-. The van der Waals surface area contributed by atoms with Crippen molar-refractivity contribution in [2.45, 2.75) is 6.92 Å². The lowest BCUT2D eigenvalue weighted by molar-refractivity contribution is -0.137. The van der Waals surface area contributed by atoms with Gasteiger partial charge in [0.2, 0.25) is 0 Å². The Hall–Kier alpha value is -2.10. The Labute approximate surface area is 93.2 Å². The molecule has 4 heteroatoms. The Balaban J connectivity index is 3.07. The van der Waals surface area contributed by atoms with Crippen molar-refractivity contribution in [3.8, 4) is 0 Å². The Morgan fingerprint density at radius 3 is 2.44 bits per heavy atom. The van der Waals surface area contributed by atoms with Crippen molar-refractivity contribution in [1.29, 1.82) is 0 Å². The maximum Gasteiger partial charge on any atom is 0.338 e. The van der Waals surface area contributed by atoms with Crippen molar-refractivity contribution in [3.05, 3.63) is 42.0 Å². The lowest BCUT2D eigenvalue weighted by Crippen LogP contribution is -2.08. The van der Waals surface area contributed by atoms with Crippen LogP contribution in [0.5, 0.6) is 0 Å². The SMILES string of the molecule is CCOC(=O)/C(=C\C(=O)O)c1ccccc1. The predicted molar refractivity (Wildman–Crippen MR) is 58.7 cm³/mol. The van der Waals surface area contributed by atoms with Gasteiger partial charge in [0.05, 0.1) is 12.2 Å². The van der Waals surface area contributed by atoms with E-state index in [9.17, 15) is 9.59 Å². The van der Waals surface area contributed by atoms with E-state index in [-0.39, 0.29) is 12.2 Å². The molecule has 0 atom stereocenters. The number of rotatable bonds is 4. The summed E-state index contributed by atoms with van der Waals surface area (Å²) in [5.41, 5.74) is 0.582. The highest BCUT2D eigenvalue weighted by Gasteiger charge is 2.14. The van der Waals surface area contributed by atoms with Crippen molar-refractivity contribution in [2.75, 3.05) is 6.61 Å². The molecule has 84 valence electrons. The number of ether oxygens (including phenoxy) is 1. The summed E-state index contributed by atoms with van der Waals surface area (Å²) in [4.78, 5) is 22.1. The molecule has 0 fully saturated rings. The zero-order chi connectivity index (χ0) is 12.0. The van der Waals surface area contributed by atoms with Crippen molar-refractivity contribution in [1.82, 2.24) is 0 Å². The van der Waals surface area contributed by atoms with E-state index in [1.165, 1.54) is 0 Å². The molecule has 0 amide bonds. The minimum atomic E-state index is -1.17. The van der Waals surface area contributed by atoms with Crippen molar-refractivity contribution < 1.29 is 19.4 Å². The molecule has 0 radical (unpaired) electrons. The van der Waals surface area contributed by atoms with Crippen LogP contribution in [0.15, 0.2) is 36.4 Å². The fourth-order valence-corrected chi connectivity index (χ4v) is 1.21. The lowest BCUT2D eigenvalue weighted by Gasteiger charge is -2.05. The maximum atomic E-state index is 11.5. The summed E-state index contributed by atoms with van der Waals surface area (Å²) in [5, 5.41) is 8.68. The molecule has 1 aromatic carbocycles. The number of carboxylic acids is 1. The van der Waals surface area contributed by atoms with Gasteiger partial charge in [-0.1, -0.05) is 30.3 Å². The van der Waals surface area contributed by atoms with Crippen LogP contribution in [0.3, 0.4) is 0 Å². The van der Waals surface area contributed by atoms with Crippen LogP contribution in [0.2, 0.25) is 0 Å². The molecule has 0 saturated heterocycles. The van der Waals surface area contributed by atoms with Gasteiger partial charge in [-0.25, -0.2) is 9.59 Å². The van der Waals surface area contributed by atoms with Gasteiger partial charge < -0.3 is 9.84 Å². The third-order valence-electron chi connectivity index (χ3n) is 1.85. The van der Waals surface area contributed by atoms with Gasteiger partial charge in [-0.05, 0) is 12.5 Å². The number of hydrogen-bond acceptors (Lipinski definition) is 3. The number of aliphatic carboxylic acids is 1. The van der Waals surface area contributed by atoms with E-state index in [1.807, 2.05) is 0 Å². The van der Waals surface area contributed by atoms with Crippen LogP contribution < -0.4 is 0 Å². The van der Waals surface area contributed by atoms with Crippen LogP contribution in [-0.4, -0.2) is 23.7 Å². The van der Waals surface area contributed by atoms with E-state index in [0.29, 0.717) is 5.56 Å². The highest BCUT2D eigenvalue weighted by atomic mass is 16.5. The predicted octanol–water partition coefficient (Wildman–Crippen LogP) is 1.72. The first-order valence-corrected chi connectivity index (χ1v) is 4.82. The summed E-state index contributed by atoms with van der Waals surface area (Å²) in [6.45, 7) is 1.88. The van der Waals surface area contributed by atoms with Crippen molar-refractivity contribution in [2.24, 2.45) is 0 Å². The molecule has 0 aromatic heterocycles. The van der Waals surface area contributed by atoms with E-state index in [2.05, 4.69) is 0 Å². The third kappa shape index (κ3) is 3.24. The van der Waals surface area contributed by atoms with Crippen LogP contribution in [0.4, 0.5) is 0 Å². The average Bonchev–Trinajstić information content (AvgIpc) is 2.27. The van der Waals surface area contributed by atoms with E-state index < -0.39 is 11.9 Å². The van der Waals surface area contributed by atoms with Gasteiger partial charge in [0.1, 0.15) is 0 Å². The van der Waals surface area contributed by atoms with E-state index in [4.69, 9.17) is 9.84 Å². The molecule has 0 heterocycles. The van der Waals surface area contributed by atoms with Crippen LogP contribution in [0.25, 0.3) is 5.57 Å². The maximum absolute atomic E-state index is 11.5. The Morgan fingerprint density at radius 1 is 1.31 bits per heavy atom. The van der Waals surface area contributed by atoms with Crippen LogP contribution in [-0.2, 0) is 14.3 Å². The first-order valence-electron chi connectivity index (χ1n) is 4.82. The highest BCUT2D eigenvalue weighted by Crippen LogP contribution is 2.15. The fraction of sp³-hybridized carbons (Fsp3) is 0.167. The van der Waals surface area contributed by atoms with E-state index in [1.54, 1.807) is 37.3 Å². The summed E-state index contributed by atoms with van der Waals surface area (Å²) >= 11 is 0. The Bertz CT molecular complexity index is 406. The average molecular weight is 220 g/mol. The highest BCUT2D eigenvalue weighted by molar-refractivity contribution is 6.20. The summed E-state index contributed by atoms with van der Waals surface area (Å²) in [6.07, 6.45) is 0.854. The molecule has 0 aliphatic carbocycles. The summed E-state index contributed by atoms with van der Waals surface area (Å²) in [7, 11) is 0. The van der Waals surface area contributed by atoms with Gasteiger partial charge in [-0.3, -0.25) is 0 Å². The first-order chi connectivity index (χ1) is 7.65. The molecule has 16 heavy (non-hydrogen) atoms. The Kier molecular flexibility index (Phi) is 4.27. The minimum Gasteiger partial charge on any atom is -0.478 e. The molecule has 1 N–H and O–H groups in total. The van der Waals surface area contributed by atoms with Crippen LogP contribution in [0.1, 0.15) is 12.5 Å². The summed E-state index contributed by atoms with van der Waals surface area (Å²) in [5.74, 6) is -1.80. The van der Waals surface area contributed by atoms with Gasteiger partial charge in [-0.2, -0.15) is 0 Å². The summed E-state index contributed by atoms with van der Waals surface area (Å²) in [6, 6.07) is 8.55. The molecule has 0 unspecified atom stereocenters. The normalized spacial score (nSPS) is 10.9. The zero-order valence-corrected chi connectivity index (χ0v) is 8.84. The largest absolute Gasteiger partial charge is 0.478 e. The molecule has 0 saturated carbocycles. The van der Waals surface area contributed by atoms with Gasteiger partial charge in [0.25, 0.3) is 0 Å². The molecule has 1 rings (SSSR count). The number of esters is 1. The molecular formula is C12H12O4. The van der Waals surface area contributed by atoms with Gasteiger partial charge in [-0.15, -0.1) is 0 Å². The van der Waals surface area contributed by atoms with Gasteiger partial charge >= 0.3 is 11.9 Å². The molecule has 0 aliphatic rings. The number of carbonyl (C=O) groups is 2. The fourth-order valence-electron chi connectivity index (χ4n) is 1.21. The topological polar surface area (TPSA) is 63.6 Å². The zero-order valence-electron chi connectivity index (χ0n) is 8.84. The number of benzene rings is 1. The monoisotopic (exact) mass is 220 g/mol. The van der Waals surface area contributed by atoms with E-state index in [0.717, 1.165) is 6.08 Å². The van der Waals surface area contributed by atoms with Crippen LogP contribution in [0, 0.1) is 0 Å². The molecular weight excluding hydrogens is 208 g/mol. The molecule has 0 spiro atoms. The quantitative estimate of drug-likeness (QED) is 0.619. The molecule has 4 nitrogen and oxygen atoms in total. The third-order valence-corrected chi connectivity index (χ3v) is 1.85. The second-order valence-electron chi connectivity index (χ2n) is 2.98. The molecule has 1 aromatic rings. The van der Waals surface area contributed by atoms with Crippen molar-refractivity contribution >= 4 is 17.5 Å². The summed E-state index contributed by atoms with van der Waals surface area (Å²) < 4.78 is 4.79.